The number of methoxy groups -OCH3 is 1. The first-order valence-electron chi connectivity index (χ1n) is 5.33. The lowest BCUT2D eigenvalue weighted by atomic mass is 10.1. The number of aromatic nitrogens is 1. The predicted octanol–water partition coefficient (Wildman–Crippen LogP) is 2.66. The Labute approximate surface area is 94.1 Å². The predicted molar refractivity (Wildman–Crippen MR) is 65.2 cm³/mol. The van der Waals surface area contributed by atoms with Gasteiger partial charge in [0.05, 0.1) is 7.11 Å². The van der Waals surface area contributed by atoms with Crippen LogP contribution in [-0.2, 0) is 0 Å². The Kier molecular flexibility index (Phi) is 2.69. The lowest BCUT2D eigenvalue weighted by Crippen LogP contribution is -2.06. The Hall–Kier alpha value is -1.77. The molecule has 0 fully saturated rings. The van der Waals surface area contributed by atoms with E-state index in [0.717, 1.165) is 11.2 Å². The number of rotatable bonds is 2. The van der Waals surface area contributed by atoms with E-state index in [0.29, 0.717) is 17.1 Å². The summed E-state index contributed by atoms with van der Waals surface area (Å²) in [5, 5.41) is 0.670. The van der Waals surface area contributed by atoms with E-state index in [4.69, 9.17) is 4.74 Å². The minimum Gasteiger partial charge on any atom is -0.497 e. The van der Waals surface area contributed by atoms with Crippen LogP contribution in [-0.4, -0.2) is 12.1 Å². The molecule has 1 N–H and O–H groups in total. The average Bonchev–Trinajstić information content (AvgIpc) is 2.28. The van der Waals surface area contributed by atoms with Crippen LogP contribution >= 0.6 is 0 Å². The summed E-state index contributed by atoms with van der Waals surface area (Å²) in [6, 6.07) is 7.15. The van der Waals surface area contributed by atoms with Gasteiger partial charge in [-0.15, -0.1) is 0 Å². The molecule has 0 saturated heterocycles. The highest BCUT2D eigenvalue weighted by Gasteiger charge is 2.05. The first-order chi connectivity index (χ1) is 7.61. The van der Waals surface area contributed by atoms with Crippen LogP contribution in [0.15, 0.2) is 29.1 Å². The highest BCUT2D eigenvalue weighted by Crippen LogP contribution is 2.18. The number of pyridine rings is 1. The number of ether oxygens (including phenoxy) is 1. The molecule has 1 heterocycles. The van der Waals surface area contributed by atoms with Crippen molar-refractivity contribution in [3.05, 3.63) is 40.2 Å². The molecule has 0 aliphatic rings. The fraction of sp³-hybridized carbons (Fsp3) is 0.308. The zero-order valence-electron chi connectivity index (χ0n) is 9.70. The Morgan fingerprint density at radius 3 is 2.62 bits per heavy atom. The number of H-pyrrole nitrogens is 1. The van der Waals surface area contributed by atoms with E-state index in [1.165, 1.54) is 0 Å². The minimum atomic E-state index is 0.0383. The lowest BCUT2D eigenvalue weighted by Gasteiger charge is -2.08. The second-order valence-corrected chi connectivity index (χ2v) is 4.16. The smallest absolute Gasteiger partial charge is 0.189 e. The lowest BCUT2D eigenvalue weighted by molar-refractivity contribution is 0.415. The molecule has 0 aliphatic heterocycles. The normalized spacial score (nSPS) is 11.0. The maximum absolute atomic E-state index is 11.9. The zero-order chi connectivity index (χ0) is 11.7. The maximum Gasteiger partial charge on any atom is 0.189 e. The van der Waals surface area contributed by atoms with Gasteiger partial charge in [0.15, 0.2) is 5.43 Å². The average molecular weight is 217 g/mol. The van der Waals surface area contributed by atoms with Crippen LogP contribution < -0.4 is 10.2 Å². The van der Waals surface area contributed by atoms with E-state index in [1.54, 1.807) is 19.2 Å². The molecule has 0 unspecified atom stereocenters. The van der Waals surface area contributed by atoms with Crippen molar-refractivity contribution in [3.8, 4) is 5.75 Å². The van der Waals surface area contributed by atoms with E-state index in [1.807, 2.05) is 12.1 Å². The SMILES string of the molecule is COc1ccc2[nH]c(C(C)C)cc(=O)c2c1. The van der Waals surface area contributed by atoms with Crippen molar-refractivity contribution < 1.29 is 4.74 Å². The number of hydrogen-bond donors (Lipinski definition) is 1. The van der Waals surface area contributed by atoms with Crippen molar-refractivity contribution in [2.24, 2.45) is 0 Å². The summed E-state index contributed by atoms with van der Waals surface area (Å²) < 4.78 is 5.10. The molecule has 0 saturated carbocycles. The van der Waals surface area contributed by atoms with Crippen LogP contribution in [0.2, 0.25) is 0 Å². The second-order valence-electron chi connectivity index (χ2n) is 4.16. The van der Waals surface area contributed by atoms with Crippen molar-refractivity contribution in [1.29, 1.82) is 0 Å². The Morgan fingerprint density at radius 1 is 1.25 bits per heavy atom. The molecule has 3 heteroatoms. The summed E-state index contributed by atoms with van der Waals surface area (Å²) in [4.78, 5) is 15.2. The quantitative estimate of drug-likeness (QED) is 0.840. The van der Waals surface area contributed by atoms with Gasteiger partial charge in [-0.1, -0.05) is 13.8 Å². The Morgan fingerprint density at radius 2 is 2.00 bits per heavy atom. The van der Waals surface area contributed by atoms with Crippen LogP contribution in [0.25, 0.3) is 10.9 Å². The molecule has 0 aliphatic carbocycles. The van der Waals surface area contributed by atoms with Gasteiger partial charge in [-0.2, -0.15) is 0 Å². The van der Waals surface area contributed by atoms with Crippen molar-refractivity contribution in [2.75, 3.05) is 7.11 Å². The molecule has 16 heavy (non-hydrogen) atoms. The summed E-state index contributed by atoms with van der Waals surface area (Å²) in [6.07, 6.45) is 0. The van der Waals surface area contributed by atoms with Crippen molar-refractivity contribution in [2.45, 2.75) is 19.8 Å². The standard InChI is InChI=1S/C13H15NO2/c1-8(2)12-7-13(15)10-6-9(16-3)4-5-11(10)14-12/h4-8H,1-3H3,(H,14,15). The van der Waals surface area contributed by atoms with Crippen LogP contribution in [0.5, 0.6) is 5.75 Å². The highest BCUT2D eigenvalue weighted by atomic mass is 16.5. The summed E-state index contributed by atoms with van der Waals surface area (Å²) >= 11 is 0. The molecule has 0 bridgehead atoms. The van der Waals surface area contributed by atoms with E-state index < -0.39 is 0 Å². The van der Waals surface area contributed by atoms with E-state index in [-0.39, 0.29) is 5.43 Å². The Balaban J connectivity index is 2.71. The van der Waals surface area contributed by atoms with Gasteiger partial charge in [0.2, 0.25) is 0 Å². The van der Waals surface area contributed by atoms with Gasteiger partial charge < -0.3 is 9.72 Å². The third-order valence-corrected chi connectivity index (χ3v) is 2.68. The Bertz CT molecular complexity index is 570. The number of aromatic amines is 1. The summed E-state index contributed by atoms with van der Waals surface area (Å²) in [5.74, 6) is 1.02. The molecule has 0 radical (unpaired) electrons. The van der Waals surface area contributed by atoms with Gasteiger partial charge in [-0.25, -0.2) is 0 Å². The van der Waals surface area contributed by atoms with Gasteiger partial charge in [-0.05, 0) is 24.1 Å². The first-order valence-corrected chi connectivity index (χ1v) is 5.33. The van der Waals surface area contributed by atoms with Crippen molar-refractivity contribution in [1.82, 2.24) is 4.98 Å². The van der Waals surface area contributed by atoms with Crippen LogP contribution in [0.3, 0.4) is 0 Å². The van der Waals surface area contributed by atoms with Crippen LogP contribution in [0.1, 0.15) is 25.5 Å². The fourth-order valence-electron chi connectivity index (χ4n) is 1.68. The zero-order valence-corrected chi connectivity index (χ0v) is 9.70. The second kappa shape index (κ2) is 4.00. The van der Waals surface area contributed by atoms with Crippen molar-refractivity contribution in [3.63, 3.8) is 0 Å². The highest BCUT2D eigenvalue weighted by molar-refractivity contribution is 5.80. The topological polar surface area (TPSA) is 42.1 Å². The molecule has 84 valence electrons. The monoisotopic (exact) mass is 217 g/mol. The number of benzene rings is 1. The van der Waals surface area contributed by atoms with E-state index in [9.17, 15) is 4.79 Å². The van der Waals surface area contributed by atoms with E-state index in [2.05, 4.69) is 18.8 Å². The molecule has 1 aromatic carbocycles. The molecule has 2 rings (SSSR count). The van der Waals surface area contributed by atoms with Gasteiger partial charge >= 0.3 is 0 Å². The van der Waals surface area contributed by atoms with Crippen LogP contribution in [0, 0.1) is 0 Å². The molecular weight excluding hydrogens is 202 g/mol. The van der Waals surface area contributed by atoms with E-state index >= 15 is 0 Å². The first kappa shape index (κ1) is 10.7. The van der Waals surface area contributed by atoms with Gasteiger partial charge in [0, 0.05) is 22.7 Å². The van der Waals surface area contributed by atoms with Gasteiger partial charge in [-0.3, -0.25) is 4.79 Å². The summed E-state index contributed by atoms with van der Waals surface area (Å²) in [5.41, 5.74) is 1.86. The molecule has 3 nitrogen and oxygen atoms in total. The molecule has 0 amide bonds. The third-order valence-electron chi connectivity index (χ3n) is 2.68. The number of fused-ring (bicyclic) bond motifs is 1. The van der Waals surface area contributed by atoms with Crippen LogP contribution in [0.4, 0.5) is 0 Å². The largest absolute Gasteiger partial charge is 0.497 e. The number of nitrogens with one attached hydrogen (secondary N) is 1. The summed E-state index contributed by atoms with van der Waals surface area (Å²) in [7, 11) is 1.60. The minimum absolute atomic E-state index is 0.0383. The number of hydrogen-bond acceptors (Lipinski definition) is 2. The molecular formula is C13H15NO2. The van der Waals surface area contributed by atoms with Gasteiger partial charge in [0.1, 0.15) is 5.75 Å². The van der Waals surface area contributed by atoms with Crippen molar-refractivity contribution >= 4 is 10.9 Å². The molecule has 1 aromatic heterocycles. The third kappa shape index (κ3) is 1.81. The molecule has 0 atom stereocenters. The molecule has 0 spiro atoms. The van der Waals surface area contributed by atoms with Gasteiger partial charge in [0.25, 0.3) is 0 Å². The fourth-order valence-corrected chi connectivity index (χ4v) is 1.68. The molecule has 2 aromatic rings. The maximum atomic E-state index is 11.9. The summed E-state index contributed by atoms with van der Waals surface area (Å²) in [6.45, 7) is 4.11.